The third kappa shape index (κ3) is 3.24. The summed E-state index contributed by atoms with van der Waals surface area (Å²) in [4.78, 5) is 0. The van der Waals surface area contributed by atoms with Crippen LogP contribution in [0.2, 0.25) is 0 Å². The number of hydrogen-bond acceptors (Lipinski definition) is 1. The lowest BCUT2D eigenvalue weighted by molar-refractivity contribution is 0.281. The molecule has 0 saturated heterocycles. The van der Waals surface area contributed by atoms with E-state index in [0.717, 1.165) is 22.9 Å². The van der Waals surface area contributed by atoms with E-state index < -0.39 is 0 Å². The Morgan fingerprint density at radius 3 is 2.86 bits per heavy atom. The molecule has 0 unspecified atom stereocenters. The Bertz CT molecular complexity index is 323. The van der Waals surface area contributed by atoms with E-state index in [-0.39, 0.29) is 12.4 Å². The molecule has 0 amide bonds. The van der Waals surface area contributed by atoms with Crippen LogP contribution in [0, 0.1) is 5.82 Å². The maximum absolute atomic E-state index is 12.9. The minimum absolute atomic E-state index is 0.0612. The van der Waals surface area contributed by atoms with Gasteiger partial charge < -0.3 is 5.11 Å². The summed E-state index contributed by atoms with van der Waals surface area (Å²) in [5.41, 5.74) is 1.49. The van der Waals surface area contributed by atoms with Crippen molar-refractivity contribution in [1.29, 1.82) is 0 Å². The Morgan fingerprint density at radius 1 is 1.43 bits per heavy atom. The highest BCUT2D eigenvalue weighted by molar-refractivity contribution is 9.09. The molecule has 76 valence electrons. The molecule has 0 aliphatic rings. The molecule has 1 aromatic carbocycles. The van der Waals surface area contributed by atoms with Crippen LogP contribution in [0.5, 0.6) is 0 Å². The third-order valence-electron chi connectivity index (χ3n) is 1.85. The molecule has 1 aromatic rings. The average Bonchev–Trinajstić information content (AvgIpc) is 2.19. The molecule has 14 heavy (non-hydrogen) atoms. The van der Waals surface area contributed by atoms with Crippen molar-refractivity contribution in [2.75, 3.05) is 5.33 Å². The van der Waals surface area contributed by atoms with Crippen LogP contribution in [-0.2, 0) is 6.61 Å². The van der Waals surface area contributed by atoms with Crippen LogP contribution in [-0.4, -0.2) is 10.4 Å². The fourth-order valence-corrected chi connectivity index (χ4v) is 1.40. The number of aliphatic hydroxyl groups is 1. The standard InChI is InChI=1S/C11H12BrFO/c12-6-2-1-3-9-7-11(13)5-4-10(9)8-14/h1,3-5,7,14H,2,6,8H2. The largest absolute Gasteiger partial charge is 0.392 e. The summed E-state index contributed by atoms with van der Waals surface area (Å²) >= 11 is 3.30. The number of aliphatic hydroxyl groups excluding tert-OH is 1. The van der Waals surface area contributed by atoms with Gasteiger partial charge >= 0.3 is 0 Å². The maximum Gasteiger partial charge on any atom is 0.123 e. The SMILES string of the molecule is OCc1ccc(F)cc1C=CCCBr. The van der Waals surface area contributed by atoms with Gasteiger partial charge in [0.25, 0.3) is 0 Å². The van der Waals surface area contributed by atoms with Gasteiger partial charge in [0, 0.05) is 5.33 Å². The van der Waals surface area contributed by atoms with Crippen LogP contribution in [0.1, 0.15) is 17.5 Å². The van der Waals surface area contributed by atoms with Gasteiger partial charge in [-0.25, -0.2) is 4.39 Å². The Labute approximate surface area is 91.4 Å². The first-order valence-electron chi connectivity index (χ1n) is 4.39. The lowest BCUT2D eigenvalue weighted by atomic mass is 10.1. The highest BCUT2D eigenvalue weighted by Gasteiger charge is 1.99. The number of benzene rings is 1. The number of halogens is 2. The molecule has 1 N–H and O–H groups in total. The molecule has 0 aliphatic heterocycles. The van der Waals surface area contributed by atoms with Gasteiger partial charge in [-0.15, -0.1) is 0 Å². The molecule has 0 spiro atoms. The third-order valence-corrected chi connectivity index (χ3v) is 2.31. The predicted molar refractivity (Wildman–Crippen MR) is 59.8 cm³/mol. The average molecular weight is 259 g/mol. The second kappa shape index (κ2) is 5.94. The molecule has 1 nitrogen and oxygen atoms in total. The molecule has 0 radical (unpaired) electrons. The van der Waals surface area contributed by atoms with Gasteiger partial charge in [0.05, 0.1) is 6.61 Å². The monoisotopic (exact) mass is 258 g/mol. The van der Waals surface area contributed by atoms with Crippen LogP contribution in [0.25, 0.3) is 6.08 Å². The van der Waals surface area contributed by atoms with Crippen LogP contribution >= 0.6 is 15.9 Å². The van der Waals surface area contributed by atoms with E-state index in [1.165, 1.54) is 12.1 Å². The van der Waals surface area contributed by atoms with Gasteiger partial charge in [0.2, 0.25) is 0 Å². The molecule has 0 bridgehead atoms. The molecule has 0 atom stereocenters. The Hall–Kier alpha value is -0.670. The normalized spacial score (nSPS) is 11.1. The van der Waals surface area contributed by atoms with E-state index in [2.05, 4.69) is 15.9 Å². The summed E-state index contributed by atoms with van der Waals surface area (Å²) in [6.45, 7) is -0.0612. The van der Waals surface area contributed by atoms with Gasteiger partial charge in [0.1, 0.15) is 5.82 Å². The zero-order chi connectivity index (χ0) is 10.4. The van der Waals surface area contributed by atoms with Gasteiger partial charge in [-0.2, -0.15) is 0 Å². The van der Waals surface area contributed by atoms with E-state index in [9.17, 15) is 4.39 Å². The van der Waals surface area contributed by atoms with Crippen molar-refractivity contribution in [2.45, 2.75) is 13.0 Å². The Kier molecular flexibility index (Phi) is 4.84. The van der Waals surface area contributed by atoms with E-state index in [4.69, 9.17) is 5.11 Å². The molecule has 0 aromatic heterocycles. The second-order valence-electron chi connectivity index (χ2n) is 2.88. The van der Waals surface area contributed by atoms with Crippen LogP contribution in [0.15, 0.2) is 24.3 Å². The van der Waals surface area contributed by atoms with E-state index >= 15 is 0 Å². The molecule has 3 heteroatoms. The lowest BCUT2D eigenvalue weighted by Gasteiger charge is -2.02. The van der Waals surface area contributed by atoms with Crippen molar-refractivity contribution in [3.63, 3.8) is 0 Å². The van der Waals surface area contributed by atoms with Crippen LogP contribution in [0.3, 0.4) is 0 Å². The molecule has 0 saturated carbocycles. The molecule has 0 aliphatic carbocycles. The van der Waals surface area contributed by atoms with Crippen molar-refractivity contribution in [1.82, 2.24) is 0 Å². The highest BCUT2D eigenvalue weighted by Crippen LogP contribution is 2.13. The van der Waals surface area contributed by atoms with Gasteiger partial charge in [-0.1, -0.05) is 34.1 Å². The zero-order valence-corrected chi connectivity index (χ0v) is 9.30. The fourth-order valence-electron chi connectivity index (χ4n) is 1.14. The first-order valence-corrected chi connectivity index (χ1v) is 5.52. The number of rotatable bonds is 4. The van der Waals surface area contributed by atoms with Gasteiger partial charge in [-0.05, 0) is 29.7 Å². The van der Waals surface area contributed by atoms with Gasteiger partial charge in [-0.3, -0.25) is 0 Å². The molecule has 0 heterocycles. The van der Waals surface area contributed by atoms with E-state index in [0.29, 0.717) is 0 Å². The van der Waals surface area contributed by atoms with Gasteiger partial charge in [0.15, 0.2) is 0 Å². The zero-order valence-electron chi connectivity index (χ0n) is 7.71. The predicted octanol–water partition coefficient (Wildman–Crippen LogP) is 3.12. The molecule has 0 fully saturated rings. The number of alkyl halides is 1. The smallest absolute Gasteiger partial charge is 0.123 e. The topological polar surface area (TPSA) is 20.2 Å². The minimum atomic E-state index is -0.277. The summed E-state index contributed by atoms with van der Waals surface area (Å²) in [6, 6.07) is 4.38. The second-order valence-corrected chi connectivity index (χ2v) is 3.67. The maximum atomic E-state index is 12.9. The van der Waals surface area contributed by atoms with Crippen molar-refractivity contribution >= 4 is 22.0 Å². The molecular formula is C11H12BrFO. The molecule has 1 rings (SSSR count). The summed E-state index contributed by atoms with van der Waals surface area (Å²) in [5, 5.41) is 9.88. The first-order chi connectivity index (χ1) is 6.77. The number of hydrogen-bond donors (Lipinski definition) is 1. The minimum Gasteiger partial charge on any atom is -0.392 e. The number of allylic oxidation sites excluding steroid dienone is 1. The Balaban J connectivity index is 2.87. The lowest BCUT2D eigenvalue weighted by Crippen LogP contribution is -1.89. The Morgan fingerprint density at radius 2 is 2.21 bits per heavy atom. The summed E-state index contributed by atoms with van der Waals surface area (Å²) in [6.07, 6.45) is 4.67. The van der Waals surface area contributed by atoms with Crippen molar-refractivity contribution in [3.8, 4) is 0 Å². The van der Waals surface area contributed by atoms with E-state index in [1.807, 2.05) is 12.2 Å². The molecular weight excluding hydrogens is 247 g/mol. The van der Waals surface area contributed by atoms with Crippen molar-refractivity contribution in [2.24, 2.45) is 0 Å². The van der Waals surface area contributed by atoms with Crippen molar-refractivity contribution in [3.05, 3.63) is 41.2 Å². The van der Waals surface area contributed by atoms with E-state index in [1.54, 1.807) is 6.07 Å². The van der Waals surface area contributed by atoms with Crippen LogP contribution < -0.4 is 0 Å². The summed E-state index contributed by atoms with van der Waals surface area (Å²) in [7, 11) is 0. The quantitative estimate of drug-likeness (QED) is 0.823. The summed E-state index contributed by atoms with van der Waals surface area (Å²) < 4.78 is 12.9. The van der Waals surface area contributed by atoms with Crippen molar-refractivity contribution < 1.29 is 9.50 Å². The fraction of sp³-hybridized carbons (Fsp3) is 0.273. The van der Waals surface area contributed by atoms with Crippen LogP contribution in [0.4, 0.5) is 4.39 Å². The summed E-state index contributed by atoms with van der Waals surface area (Å²) in [5.74, 6) is -0.277. The highest BCUT2D eigenvalue weighted by atomic mass is 79.9. The first kappa shape index (κ1) is 11.4.